The number of hydrogen-bond donors (Lipinski definition) is 2. The molecule has 1 atom stereocenters. The van der Waals surface area contributed by atoms with E-state index in [9.17, 15) is 9.50 Å². The van der Waals surface area contributed by atoms with E-state index in [0.29, 0.717) is 18.8 Å². The fourth-order valence-corrected chi connectivity index (χ4v) is 1.34. The summed E-state index contributed by atoms with van der Waals surface area (Å²) in [5.74, 6) is -0.0190. The van der Waals surface area contributed by atoms with Gasteiger partial charge in [-0.15, -0.1) is 0 Å². The summed E-state index contributed by atoms with van der Waals surface area (Å²) in [7, 11) is 0. The van der Waals surface area contributed by atoms with Gasteiger partial charge in [-0.1, -0.05) is 0 Å². The van der Waals surface area contributed by atoms with Gasteiger partial charge in [0, 0.05) is 18.2 Å². The van der Waals surface area contributed by atoms with Crippen LogP contribution in [0.4, 0.5) is 4.39 Å². The van der Waals surface area contributed by atoms with Crippen LogP contribution < -0.4 is 4.74 Å². The Morgan fingerprint density at radius 2 is 2.12 bits per heavy atom. The Morgan fingerprint density at radius 1 is 1.38 bits per heavy atom. The predicted octanol–water partition coefficient (Wildman–Crippen LogP) is 2.03. The molecule has 0 heterocycles. The number of hydrogen-bond acceptors (Lipinski definition) is 3. The second-order valence-electron chi connectivity index (χ2n) is 3.64. The Kier molecular flexibility index (Phi) is 5.22. The Bertz CT molecular complexity index is 326. The van der Waals surface area contributed by atoms with Crippen molar-refractivity contribution in [3.8, 4) is 5.75 Å². The van der Waals surface area contributed by atoms with Crippen LogP contribution in [0.15, 0.2) is 18.2 Å². The highest BCUT2D eigenvalue weighted by Crippen LogP contribution is 2.21. The number of aliphatic hydroxyl groups excluding tert-OH is 2. The topological polar surface area (TPSA) is 49.7 Å². The second-order valence-corrected chi connectivity index (χ2v) is 3.64. The zero-order chi connectivity index (χ0) is 12.0. The molecule has 0 aliphatic carbocycles. The fraction of sp³-hybridized carbons (Fsp3) is 0.500. The summed E-state index contributed by atoms with van der Waals surface area (Å²) in [5.41, 5.74) is 0.266. The molecule has 3 nitrogen and oxygen atoms in total. The van der Waals surface area contributed by atoms with E-state index < -0.39 is 11.9 Å². The van der Waals surface area contributed by atoms with Crippen molar-refractivity contribution in [1.82, 2.24) is 0 Å². The van der Waals surface area contributed by atoms with Crippen LogP contribution in [0.25, 0.3) is 0 Å². The molecule has 0 aromatic heterocycles. The quantitative estimate of drug-likeness (QED) is 0.732. The maximum Gasteiger partial charge on any atom is 0.132 e. The molecule has 16 heavy (non-hydrogen) atoms. The first-order valence-electron chi connectivity index (χ1n) is 5.36. The molecule has 2 N–H and O–H groups in total. The molecule has 0 fully saturated rings. The number of ether oxygens (including phenoxy) is 1. The van der Waals surface area contributed by atoms with E-state index >= 15 is 0 Å². The van der Waals surface area contributed by atoms with E-state index in [1.165, 1.54) is 19.1 Å². The highest BCUT2D eigenvalue weighted by molar-refractivity contribution is 5.29. The molecule has 1 aromatic carbocycles. The van der Waals surface area contributed by atoms with Crippen LogP contribution in [0.1, 0.15) is 31.4 Å². The molecule has 0 radical (unpaired) electrons. The molecule has 4 heteroatoms. The van der Waals surface area contributed by atoms with Crippen LogP contribution in [-0.2, 0) is 0 Å². The monoisotopic (exact) mass is 228 g/mol. The molecule has 0 aliphatic heterocycles. The van der Waals surface area contributed by atoms with Gasteiger partial charge < -0.3 is 14.9 Å². The minimum absolute atomic E-state index is 0.138. The molecule has 90 valence electrons. The van der Waals surface area contributed by atoms with Crippen molar-refractivity contribution in [2.45, 2.75) is 25.9 Å². The SMILES string of the molecule is CC(O)c1ccc(OCCCCO)cc1F. The molecule has 0 aliphatic rings. The maximum absolute atomic E-state index is 13.4. The molecule has 0 saturated carbocycles. The largest absolute Gasteiger partial charge is 0.493 e. The van der Waals surface area contributed by atoms with Gasteiger partial charge in [-0.3, -0.25) is 0 Å². The van der Waals surface area contributed by atoms with Crippen LogP contribution in [-0.4, -0.2) is 23.4 Å². The first kappa shape index (κ1) is 12.9. The lowest BCUT2D eigenvalue weighted by Crippen LogP contribution is -2.01. The lowest BCUT2D eigenvalue weighted by atomic mass is 10.1. The second kappa shape index (κ2) is 6.45. The van der Waals surface area contributed by atoms with Crippen LogP contribution in [0.5, 0.6) is 5.75 Å². The van der Waals surface area contributed by atoms with Gasteiger partial charge in [-0.25, -0.2) is 4.39 Å². The number of unbranched alkanes of at least 4 members (excludes halogenated alkanes) is 1. The molecule has 1 aromatic rings. The van der Waals surface area contributed by atoms with E-state index in [4.69, 9.17) is 9.84 Å². The van der Waals surface area contributed by atoms with Crippen molar-refractivity contribution >= 4 is 0 Å². The molecular formula is C12H17FO3. The molecular weight excluding hydrogens is 211 g/mol. The Morgan fingerprint density at radius 3 is 2.69 bits per heavy atom. The van der Waals surface area contributed by atoms with E-state index in [1.807, 2.05) is 0 Å². The van der Waals surface area contributed by atoms with E-state index in [2.05, 4.69) is 0 Å². The zero-order valence-corrected chi connectivity index (χ0v) is 9.32. The predicted molar refractivity (Wildman–Crippen MR) is 58.8 cm³/mol. The van der Waals surface area contributed by atoms with Crippen LogP contribution >= 0.6 is 0 Å². The molecule has 0 saturated heterocycles. The van der Waals surface area contributed by atoms with Gasteiger partial charge in [-0.05, 0) is 31.9 Å². The third-order valence-electron chi connectivity index (χ3n) is 2.24. The number of aliphatic hydroxyl groups is 2. The van der Waals surface area contributed by atoms with Gasteiger partial charge in [-0.2, -0.15) is 0 Å². The molecule has 0 amide bonds. The average Bonchev–Trinajstić information content (AvgIpc) is 2.24. The van der Waals surface area contributed by atoms with E-state index in [0.717, 1.165) is 6.42 Å². The number of benzene rings is 1. The Balaban J connectivity index is 2.53. The summed E-state index contributed by atoms with van der Waals surface area (Å²) in [4.78, 5) is 0. The summed E-state index contributed by atoms with van der Waals surface area (Å²) >= 11 is 0. The van der Waals surface area contributed by atoms with E-state index in [-0.39, 0.29) is 12.2 Å². The molecule has 0 bridgehead atoms. The average molecular weight is 228 g/mol. The van der Waals surface area contributed by atoms with Crippen molar-refractivity contribution in [3.05, 3.63) is 29.6 Å². The van der Waals surface area contributed by atoms with Gasteiger partial charge in [0.2, 0.25) is 0 Å². The van der Waals surface area contributed by atoms with Gasteiger partial charge in [0.05, 0.1) is 12.7 Å². The molecule has 1 rings (SSSR count). The lowest BCUT2D eigenvalue weighted by molar-refractivity contribution is 0.193. The van der Waals surface area contributed by atoms with E-state index in [1.54, 1.807) is 6.07 Å². The fourth-order valence-electron chi connectivity index (χ4n) is 1.34. The van der Waals surface area contributed by atoms with Gasteiger partial charge >= 0.3 is 0 Å². The van der Waals surface area contributed by atoms with Gasteiger partial charge in [0.25, 0.3) is 0 Å². The third-order valence-corrected chi connectivity index (χ3v) is 2.24. The Labute approximate surface area is 94.5 Å². The summed E-state index contributed by atoms with van der Waals surface area (Å²) in [6.45, 7) is 2.10. The van der Waals surface area contributed by atoms with Gasteiger partial charge in [0.15, 0.2) is 0 Å². The summed E-state index contributed by atoms with van der Waals surface area (Å²) in [6.07, 6.45) is 0.591. The van der Waals surface area contributed by atoms with Gasteiger partial charge in [0.1, 0.15) is 11.6 Å². The van der Waals surface area contributed by atoms with Crippen molar-refractivity contribution < 1.29 is 19.3 Å². The number of rotatable bonds is 6. The smallest absolute Gasteiger partial charge is 0.132 e. The minimum atomic E-state index is -0.816. The van der Waals surface area contributed by atoms with Crippen molar-refractivity contribution in [2.24, 2.45) is 0 Å². The number of halogens is 1. The zero-order valence-electron chi connectivity index (χ0n) is 9.32. The highest BCUT2D eigenvalue weighted by atomic mass is 19.1. The molecule has 0 spiro atoms. The third kappa shape index (κ3) is 3.79. The summed E-state index contributed by atoms with van der Waals surface area (Å²) in [6, 6.07) is 4.41. The van der Waals surface area contributed by atoms with Crippen LogP contribution in [0.3, 0.4) is 0 Å². The normalized spacial score (nSPS) is 12.5. The summed E-state index contributed by atoms with van der Waals surface area (Å²) < 4.78 is 18.7. The standard InChI is InChI=1S/C12H17FO3/c1-9(15)11-5-4-10(8-12(11)13)16-7-3-2-6-14/h4-5,8-9,14-15H,2-3,6-7H2,1H3. The van der Waals surface area contributed by atoms with Crippen molar-refractivity contribution in [2.75, 3.05) is 13.2 Å². The van der Waals surface area contributed by atoms with Crippen LogP contribution in [0, 0.1) is 5.82 Å². The first-order chi connectivity index (χ1) is 7.65. The maximum atomic E-state index is 13.4. The van der Waals surface area contributed by atoms with Crippen molar-refractivity contribution in [3.63, 3.8) is 0 Å². The first-order valence-corrected chi connectivity index (χ1v) is 5.36. The van der Waals surface area contributed by atoms with Crippen molar-refractivity contribution in [1.29, 1.82) is 0 Å². The highest BCUT2D eigenvalue weighted by Gasteiger charge is 2.08. The lowest BCUT2D eigenvalue weighted by Gasteiger charge is -2.09. The minimum Gasteiger partial charge on any atom is -0.493 e. The summed E-state index contributed by atoms with van der Waals surface area (Å²) in [5, 5.41) is 17.8. The molecule has 1 unspecified atom stereocenters. The van der Waals surface area contributed by atoms with Crippen LogP contribution in [0.2, 0.25) is 0 Å². The Hall–Kier alpha value is -1.13.